The Bertz CT molecular complexity index is 324. The molecule has 0 saturated heterocycles. The molecule has 0 saturated carbocycles. The minimum absolute atomic E-state index is 0.182. The molecule has 0 aromatic heterocycles. The number of nitrogens with one attached hydrogen (secondary N) is 1. The molecule has 1 aromatic rings. The molecule has 0 radical (unpaired) electrons. The maximum Gasteiger partial charge on any atom is 0.119 e. The second kappa shape index (κ2) is 8.11. The molecule has 18 heavy (non-hydrogen) atoms. The van der Waals surface area contributed by atoms with Crippen molar-refractivity contribution in [3.63, 3.8) is 0 Å². The number of methoxy groups -OCH3 is 1. The van der Waals surface area contributed by atoms with Crippen molar-refractivity contribution in [2.45, 2.75) is 39.3 Å². The molecular weight excluding hydrogens is 226 g/mol. The number of hydrogen-bond acceptors (Lipinski definition) is 3. The van der Waals surface area contributed by atoms with Gasteiger partial charge < -0.3 is 14.8 Å². The molecule has 0 aliphatic carbocycles. The lowest BCUT2D eigenvalue weighted by Gasteiger charge is -2.16. The molecule has 0 bridgehead atoms. The van der Waals surface area contributed by atoms with Gasteiger partial charge in [-0.25, -0.2) is 0 Å². The van der Waals surface area contributed by atoms with Crippen LogP contribution >= 0.6 is 0 Å². The second-order valence-electron chi connectivity index (χ2n) is 4.56. The second-order valence-corrected chi connectivity index (χ2v) is 4.56. The van der Waals surface area contributed by atoms with Crippen LogP contribution in [-0.4, -0.2) is 26.4 Å². The summed E-state index contributed by atoms with van der Waals surface area (Å²) >= 11 is 0. The van der Waals surface area contributed by atoms with Gasteiger partial charge in [0.25, 0.3) is 0 Å². The van der Waals surface area contributed by atoms with Crippen LogP contribution in [0.5, 0.6) is 5.75 Å². The fraction of sp³-hybridized carbons (Fsp3) is 0.600. The van der Waals surface area contributed by atoms with Crippen LogP contribution in [-0.2, 0) is 4.74 Å². The highest BCUT2D eigenvalue weighted by molar-refractivity contribution is 5.29. The van der Waals surface area contributed by atoms with Crippen LogP contribution in [0.2, 0.25) is 0 Å². The first-order valence-electron chi connectivity index (χ1n) is 6.66. The van der Waals surface area contributed by atoms with Crippen molar-refractivity contribution in [2.75, 3.05) is 20.3 Å². The van der Waals surface area contributed by atoms with Crippen molar-refractivity contribution in [2.24, 2.45) is 0 Å². The number of ether oxygens (including phenoxy) is 2. The standard InChI is InChI=1S/C15H25NO2/c1-5-16-13(3)14-6-8-15(9-7-14)18-12(2)10-11-17-4/h6-9,12-13,16H,5,10-11H2,1-4H3. The summed E-state index contributed by atoms with van der Waals surface area (Å²) in [5.74, 6) is 0.922. The smallest absolute Gasteiger partial charge is 0.119 e. The van der Waals surface area contributed by atoms with Crippen LogP contribution in [0.15, 0.2) is 24.3 Å². The molecule has 3 nitrogen and oxygen atoms in total. The van der Waals surface area contributed by atoms with Gasteiger partial charge in [0.15, 0.2) is 0 Å². The van der Waals surface area contributed by atoms with Gasteiger partial charge in [0.05, 0.1) is 6.10 Å². The Morgan fingerprint density at radius 3 is 2.39 bits per heavy atom. The van der Waals surface area contributed by atoms with E-state index in [-0.39, 0.29) is 6.10 Å². The van der Waals surface area contributed by atoms with Crippen molar-refractivity contribution in [3.05, 3.63) is 29.8 Å². The fourth-order valence-corrected chi connectivity index (χ4v) is 1.83. The van der Waals surface area contributed by atoms with Crippen LogP contribution in [0.3, 0.4) is 0 Å². The van der Waals surface area contributed by atoms with Crippen molar-refractivity contribution >= 4 is 0 Å². The normalized spacial score (nSPS) is 14.2. The maximum atomic E-state index is 5.81. The number of rotatable bonds is 8. The Labute approximate surface area is 110 Å². The van der Waals surface area contributed by atoms with E-state index in [2.05, 4.69) is 38.2 Å². The third-order valence-electron chi connectivity index (χ3n) is 2.96. The van der Waals surface area contributed by atoms with Crippen LogP contribution in [0.25, 0.3) is 0 Å². The fourth-order valence-electron chi connectivity index (χ4n) is 1.83. The maximum absolute atomic E-state index is 5.81. The van der Waals surface area contributed by atoms with E-state index in [1.165, 1.54) is 5.56 Å². The van der Waals surface area contributed by atoms with Gasteiger partial charge in [-0.2, -0.15) is 0 Å². The molecule has 0 amide bonds. The topological polar surface area (TPSA) is 30.5 Å². The largest absolute Gasteiger partial charge is 0.491 e. The highest BCUT2D eigenvalue weighted by Crippen LogP contribution is 2.18. The Morgan fingerprint density at radius 1 is 1.17 bits per heavy atom. The molecule has 102 valence electrons. The monoisotopic (exact) mass is 251 g/mol. The van der Waals surface area contributed by atoms with Crippen molar-refractivity contribution < 1.29 is 9.47 Å². The van der Waals surface area contributed by atoms with Crippen LogP contribution < -0.4 is 10.1 Å². The van der Waals surface area contributed by atoms with Gasteiger partial charge in [0, 0.05) is 26.2 Å². The minimum atomic E-state index is 0.182. The van der Waals surface area contributed by atoms with Gasteiger partial charge >= 0.3 is 0 Å². The molecule has 1 aromatic carbocycles. The van der Waals surface area contributed by atoms with E-state index in [4.69, 9.17) is 9.47 Å². The van der Waals surface area contributed by atoms with Gasteiger partial charge in [-0.15, -0.1) is 0 Å². The zero-order chi connectivity index (χ0) is 13.4. The highest BCUT2D eigenvalue weighted by Gasteiger charge is 2.06. The van der Waals surface area contributed by atoms with E-state index in [0.29, 0.717) is 6.04 Å². The summed E-state index contributed by atoms with van der Waals surface area (Å²) in [4.78, 5) is 0. The van der Waals surface area contributed by atoms with E-state index in [9.17, 15) is 0 Å². The molecule has 0 aliphatic heterocycles. The Kier molecular flexibility index (Phi) is 6.76. The van der Waals surface area contributed by atoms with Crippen molar-refractivity contribution in [1.29, 1.82) is 0 Å². The average molecular weight is 251 g/mol. The van der Waals surface area contributed by atoms with Gasteiger partial charge in [-0.05, 0) is 38.1 Å². The van der Waals surface area contributed by atoms with Crippen LogP contribution in [0.4, 0.5) is 0 Å². The van der Waals surface area contributed by atoms with Gasteiger partial charge in [-0.1, -0.05) is 19.1 Å². The van der Waals surface area contributed by atoms with Gasteiger partial charge in [0.1, 0.15) is 5.75 Å². The first kappa shape index (κ1) is 15.0. The van der Waals surface area contributed by atoms with Gasteiger partial charge in [0.2, 0.25) is 0 Å². The summed E-state index contributed by atoms with van der Waals surface area (Å²) in [6, 6.07) is 8.69. The van der Waals surface area contributed by atoms with E-state index < -0.39 is 0 Å². The molecule has 2 unspecified atom stereocenters. The first-order chi connectivity index (χ1) is 8.67. The third-order valence-corrected chi connectivity index (χ3v) is 2.96. The summed E-state index contributed by atoms with van der Waals surface area (Å²) < 4.78 is 10.9. The summed E-state index contributed by atoms with van der Waals surface area (Å²) in [6.07, 6.45) is 1.09. The van der Waals surface area contributed by atoms with Crippen LogP contribution in [0, 0.1) is 0 Å². The molecule has 2 atom stereocenters. The lowest BCUT2D eigenvalue weighted by Crippen LogP contribution is -2.17. The summed E-state index contributed by atoms with van der Waals surface area (Å²) in [6.45, 7) is 8.06. The Morgan fingerprint density at radius 2 is 1.83 bits per heavy atom. The lowest BCUT2D eigenvalue weighted by atomic mass is 10.1. The molecule has 1 rings (SSSR count). The molecule has 3 heteroatoms. The number of benzene rings is 1. The Balaban J connectivity index is 2.49. The zero-order valence-electron chi connectivity index (χ0n) is 11.9. The molecule has 0 fully saturated rings. The molecule has 0 aliphatic rings. The molecular formula is C15H25NO2. The van der Waals surface area contributed by atoms with E-state index in [1.54, 1.807) is 7.11 Å². The predicted molar refractivity (Wildman–Crippen MR) is 75.1 cm³/mol. The lowest BCUT2D eigenvalue weighted by molar-refractivity contribution is 0.135. The SMILES string of the molecule is CCNC(C)c1ccc(OC(C)CCOC)cc1. The van der Waals surface area contributed by atoms with E-state index in [1.807, 2.05) is 12.1 Å². The first-order valence-corrected chi connectivity index (χ1v) is 6.66. The van der Waals surface area contributed by atoms with Crippen molar-refractivity contribution in [1.82, 2.24) is 5.32 Å². The highest BCUT2D eigenvalue weighted by atomic mass is 16.5. The van der Waals surface area contributed by atoms with E-state index in [0.717, 1.165) is 25.3 Å². The molecule has 1 N–H and O–H groups in total. The molecule has 0 heterocycles. The van der Waals surface area contributed by atoms with E-state index >= 15 is 0 Å². The Hall–Kier alpha value is -1.06. The summed E-state index contributed by atoms with van der Waals surface area (Å²) in [7, 11) is 1.71. The minimum Gasteiger partial charge on any atom is -0.491 e. The number of hydrogen-bond donors (Lipinski definition) is 1. The predicted octanol–water partition coefficient (Wildman–Crippen LogP) is 3.16. The average Bonchev–Trinajstić information content (AvgIpc) is 2.37. The van der Waals surface area contributed by atoms with Crippen molar-refractivity contribution in [3.8, 4) is 5.75 Å². The summed E-state index contributed by atoms with van der Waals surface area (Å²) in [5, 5.41) is 3.39. The zero-order valence-corrected chi connectivity index (χ0v) is 11.9. The third kappa shape index (κ3) is 5.07. The quantitative estimate of drug-likeness (QED) is 0.770. The van der Waals surface area contributed by atoms with Crippen LogP contribution in [0.1, 0.15) is 38.8 Å². The summed E-state index contributed by atoms with van der Waals surface area (Å²) in [5.41, 5.74) is 1.29. The van der Waals surface area contributed by atoms with Gasteiger partial charge in [-0.3, -0.25) is 0 Å². The molecule has 0 spiro atoms.